The lowest BCUT2D eigenvalue weighted by atomic mass is 10.1. The molecule has 0 saturated heterocycles. The van der Waals surface area contributed by atoms with Gasteiger partial charge in [-0.3, -0.25) is 4.79 Å². The van der Waals surface area contributed by atoms with E-state index in [9.17, 15) is 9.59 Å². The van der Waals surface area contributed by atoms with Crippen LogP contribution in [-0.2, 0) is 11.3 Å². The lowest BCUT2D eigenvalue weighted by Crippen LogP contribution is -2.17. The summed E-state index contributed by atoms with van der Waals surface area (Å²) in [4.78, 5) is 29.6. The summed E-state index contributed by atoms with van der Waals surface area (Å²) in [6.45, 7) is 4.23. The van der Waals surface area contributed by atoms with Gasteiger partial charge >= 0.3 is 5.97 Å². The standard InChI is InChI=1S/C21H20N2O5S/c1-5-10-23-15-11-16(26-2)17(27-3)12-18(15)29-21(23)22-19(24)13-8-6-7-9-14(13)20(25)28-4/h5-9,11-12H,1,10H2,2-4H3. The third kappa shape index (κ3) is 3.93. The van der Waals surface area contributed by atoms with Gasteiger partial charge in [-0.05, 0) is 12.1 Å². The maximum atomic E-state index is 12.9. The van der Waals surface area contributed by atoms with Crippen LogP contribution in [0.15, 0.2) is 54.0 Å². The number of esters is 1. The third-order valence-corrected chi connectivity index (χ3v) is 5.30. The molecule has 150 valence electrons. The molecule has 8 heteroatoms. The van der Waals surface area contributed by atoms with E-state index in [-0.39, 0.29) is 11.1 Å². The highest BCUT2D eigenvalue weighted by molar-refractivity contribution is 7.16. The minimum Gasteiger partial charge on any atom is -0.493 e. The molecule has 3 aromatic rings. The van der Waals surface area contributed by atoms with Gasteiger partial charge in [0.25, 0.3) is 5.91 Å². The Morgan fingerprint density at radius 1 is 1.10 bits per heavy atom. The van der Waals surface area contributed by atoms with Crippen molar-refractivity contribution in [2.24, 2.45) is 4.99 Å². The molecular weight excluding hydrogens is 392 g/mol. The zero-order chi connectivity index (χ0) is 21.0. The third-order valence-electron chi connectivity index (χ3n) is 4.26. The number of hydrogen-bond donors (Lipinski definition) is 0. The van der Waals surface area contributed by atoms with Gasteiger partial charge in [-0.15, -0.1) is 6.58 Å². The maximum Gasteiger partial charge on any atom is 0.338 e. The Morgan fingerprint density at radius 2 is 1.76 bits per heavy atom. The number of rotatable bonds is 6. The first-order valence-corrected chi connectivity index (χ1v) is 9.48. The summed E-state index contributed by atoms with van der Waals surface area (Å²) in [7, 11) is 4.39. The fourth-order valence-corrected chi connectivity index (χ4v) is 3.94. The molecular formula is C21H20N2O5S. The van der Waals surface area contributed by atoms with E-state index in [4.69, 9.17) is 14.2 Å². The lowest BCUT2D eigenvalue weighted by Gasteiger charge is -2.08. The van der Waals surface area contributed by atoms with E-state index in [2.05, 4.69) is 11.6 Å². The molecule has 0 unspecified atom stereocenters. The van der Waals surface area contributed by atoms with Gasteiger partial charge in [-0.2, -0.15) is 4.99 Å². The zero-order valence-corrected chi connectivity index (χ0v) is 17.1. The van der Waals surface area contributed by atoms with Crippen molar-refractivity contribution < 1.29 is 23.8 Å². The second kappa shape index (κ2) is 8.74. The number of carbonyl (C=O) groups excluding carboxylic acids is 2. The van der Waals surface area contributed by atoms with E-state index in [0.29, 0.717) is 22.8 Å². The number of nitrogens with zero attached hydrogens (tertiary/aromatic N) is 2. The van der Waals surface area contributed by atoms with Gasteiger partial charge in [0.05, 0.1) is 42.7 Å². The van der Waals surface area contributed by atoms with Gasteiger partial charge < -0.3 is 18.8 Å². The van der Waals surface area contributed by atoms with Crippen LogP contribution in [0.25, 0.3) is 10.2 Å². The predicted octanol–water partition coefficient (Wildman–Crippen LogP) is 3.43. The first-order chi connectivity index (χ1) is 14.0. The van der Waals surface area contributed by atoms with Crippen LogP contribution >= 0.6 is 11.3 Å². The Bertz CT molecular complexity index is 1160. The topological polar surface area (TPSA) is 79.1 Å². The molecule has 0 spiro atoms. The van der Waals surface area contributed by atoms with Crippen LogP contribution in [0, 0.1) is 0 Å². The van der Waals surface area contributed by atoms with E-state index >= 15 is 0 Å². The van der Waals surface area contributed by atoms with Crippen molar-refractivity contribution >= 4 is 33.4 Å². The number of aromatic nitrogens is 1. The van der Waals surface area contributed by atoms with E-state index in [1.165, 1.54) is 24.5 Å². The number of fused-ring (bicyclic) bond motifs is 1. The Morgan fingerprint density at radius 3 is 2.38 bits per heavy atom. The number of methoxy groups -OCH3 is 3. The molecule has 0 bridgehead atoms. The fourth-order valence-electron chi connectivity index (χ4n) is 2.89. The van der Waals surface area contributed by atoms with Crippen LogP contribution in [-0.4, -0.2) is 37.8 Å². The monoisotopic (exact) mass is 412 g/mol. The largest absolute Gasteiger partial charge is 0.493 e. The summed E-state index contributed by atoms with van der Waals surface area (Å²) in [6.07, 6.45) is 1.72. The van der Waals surface area contributed by atoms with E-state index in [1.54, 1.807) is 38.5 Å². The summed E-state index contributed by atoms with van der Waals surface area (Å²) in [5, 5.41) is 0. The van der Waals surface area contributed by atoms with Crippen molar-refractivity contribution in [3.8, 4) is 11.5 Å². The average Bonchev–Trinajstić information content (AvgIpc) is 3.08. The number of carbonyl (C=O) groups is 2. The van der Waals surface area contributed by atoms with Gasteiger partial charge in [0.1, 0.15) is 0 Å². The van der Waals surface area contributed by atoms with Crippen molar-refractivity contribution in [1.82, 2.24) is 4.57 Å². The molecule has 0 N–H and O–H groups in total. The number of allylic oxidation sites excluding steroid dienone is 1. The molecule has 1 amide bonds. The number of ether oxygens (including phenoxy) is 3. The van der Waals surface area contributed by atoms with Crippen LogP contribution in [0.2, 0.25) is 0 Å². The Balaban J connectivity index is 2.20. The van der Waals surface area contributed by atoms with Gasteiger partial charge in [0.15, 0.2) is 16.3 Å². The molecule has 0 aliphatic rings. The number of benzene rings is 2. The Labute approximate surface area is 171 Å². The summed E-state index contributed by atoms with van der Waals surface area (Å²) >= 11 is 1.33. The molecule has 0 radical (unpaired) electrons. The highest BCUT2D eigenvalue weighted by Gasteiger charge is 2.18. The molecule has 0 saturated carbocycles. The lowest BCUT2D eigenvalue weighted by molar-refractivity contribution is 0.0597. The highest BCUT2D eigenvalue weighted by Crippen LogP contribution is 2.33. The first kappa shape index (κ1) is 20.3. The van der Waals surface area contributed by atoms with E-state index in [0.717, 1.165) is 10.2 Å². The van der Waals surface area contributed by atoms with Crippen LogP contribution in [0.1, 0.15) is 20.7 Å². The average molecular weight is 412 g/mol. The van der Waals surface area contributed by atoms with Crippen LogP contribution < -0.4 is 14.3 Å². The van der Waals surface area contributed by atoms with E-state index in [1.807, 2.05) is 16.7 Å². The molecule has 2 aromatic carbocycles. The molecule has 7 nitrogen and oxygen atoms in total. The number of hydrogen-bond acceptors (Lipinski definition) is 6. The number of thiazole rings is 1. The molecule has 0 aliphatic heterocycles. The first-order valence-electron chi connectivity index (χ1n) is 8.66. The second-order valence-electron chi connectivity index (χ2n) is 5.91. The smallest absolute Gasteiger partial charge is 0.338 e. The van der Waals surface area contributed by atoms with Crippen LogP contribution in [0.4, 0.5) is 0 Å². The molecule has 0 aliphatic carbocycles. The van der Waals surface area contributed by atoms with Crippen LogP contribution in [0.3, 0.4) is 0 Å². The SMILES string of the molecule is C=CCn1c(=NC(=O)c2ccccc2C(=O)OC)sc2cc(OC)c(OC)cc21. The summed E-state index contributed by atoms with van der Waals surface area (Å²) < 4.78 is 18.2. The van der Waals surface area contributed by atoms with Crippen molar-refractivity contribution in [3.63, 3.8) is 0 Å². The van der Waals surface area contributed by atoms with Gasteiger partial charge in [0, 0.05) is 18.7 Å². The van der Waals surface area contributed by atoms with Crippen LogP contribution in [0.5, 0.6) is 11.5 Å². The van der Waals surface area contributed by atoms with E-state index < -0.39 is 11.9 Å². The number of amides is 1. The molecule has 1 aromatic heterocycles. The minimum absolute atomic E-state index is 0.170. The molecule has 0 atom stereocenters. The fraction of sp³-hybridized carbons (Fsp3) is 0.190. The molecule has 29 heavy (non-hydrogen) atoms. The van der Waals surface area contributed by atoms with Crippen molar-refractivity contribution in [1.29, 1.82) is 0 Å². The summed E-state index contributed by atoms with van der Waals surface area (Å²) in [5.41, 5.74) is 1.18. The van der Waals surface area contributed by atoms with Gasteiger partial charge in [-0.1, -0.05) is 29.5 Å². The molecule has 0 fully saturated rings. The Kier molecular flexibility index (Phi) is 6.13. The highest BCUT2D eigenvalue weighted by atomic mass is 32.1. The normalized spacial score (nSPS) is 11.3. The molecule has 1 heterocycles. The quantitative estimate of drug-likeness (QED) is 0.458. The van der Waals surface area contributed by atoms with Gasteiger partial charge in [-0.25, -0.2) is 4.79 Å². The van der Waals surface area contributed by atoms with Crippen molar-refractivity contribution in [3.05, 3.63) is 65.0 Å². The second-order valence-corrected chi connectivity index (χ2v) is 6.92. The van der Waals surface area contributed by atoms with Crippen molar-refractivity contribution in [2.45, 2.75) is 6.54 Å². The molecule has 3 rings (SSSR count). The maximum absolute atomic E-state index is 12.9. The summed E-state index contributed by atoms with van der Waals surface area (Å²) in [5.74, 6) is 0.0358. The predicted molar refractivity (Wildman–Crippen MR) is 111 cm³/mol. The van der Waals surface area contributed by atoms with Gasteiger partial charge in [0.2, 0.25) is 0 Å². The minimum atomic E-state index is -0.589. The summed E-state index contributed by atoms with van der Waals surface area (Å²) in [6, 6.07) is 10.1. The van der Waals surface area contributed by atoms with Crippen molar-refractivity contribution in [2.75, 3.05) is 21.3 Å². The Hall–Kier alpha value is -3.39. The zero-order valence-electron chi connectivity index (χ0n) is 16.3.